The minimum Gasteiger partial charge on any atom is -0.339 e. The Bertz CT molecular complexity index is 689. The molecule has 1 saturated carbocycles. The third-order valence-electron chi connectivity index (χ3n) is 5.30. The zero-order valence-corrected chi connectivity index (χ0v) is 14.7. The summed E-state index contributed by atoms with van der Waals surface area (Å²) in [5.74, 6) is -0.189. The molecule has 1 amide bonds. The molecule has 1 saturated heterocycles. The smallest absolute Gasteiger partial charge is 0.244 e. The molecule has 2 heterocycles. The average Bonchev–Trinajstić information content (AvgIpc) is 3.15. The number of piperidine rings is 1. The summed E-state index contributed by atoms with van der Waals surface area (Å²) < 4.78 is 25.4. The summed E-state index contributed by atoms with van der Waals surface area (Å²) >= 11 is 0. The van der Waals surface area contributed by atoms with Gasteiger partial charge in [-0.2, -0.15) is 5.10 Å². The first-order valence-electron chi connectivity index (χ1n) is 8.33. The Hall–Kier alpha value is -1.37. The number of sulfone groups is 1. The van der Waals surface area contributed by atoms with Crippen LogP contribution < -0.4 is 0 Å². The van der Waals surface area contributed by atoms with Gasteiger partial charge in [-0.15, -0.1) is 0 Å². The lowest BCUT2D eigenvalue weighted by atomic mass is 10.0. The highest BCUT2D eigenvalue weighted by molar-refractivity contribution is 7.92. The largest absolute Gasteiger partial charge is 0.339 e. The Labute approximate surface area is 137 Å². The van der Waals surface area contributed by atoms with Crippen molar-refractivity contribution in [2.24, 2.45) is 0 Å². The molecule has 0 bridgehead atoms. The van der Waals surface area contributed by atoms with Gasteiger partial charge in [0.1, 0.15) is 0 Å². The van der Waals surface area contributed by atoms with E-state index in [0.29, 0.717) is 25.9 Å². The molecular formula is C16H25N3O3S. The van der Waals surface area contributed by atoms with Gasteiger partial charge >= 0.3 is 0 Å². The Morgan fingerprint density at radius 3 is 2.57 bits per heavy atom. The van der Waals surface area contributed by atoms with Crippen molar-refractivity contribution in [3.05, 3.63) is 18.0 Å². The highest BCUT2D eigenvalue weighted by Crippen LogP contribution is 2.39. The zero-order chi connectivity index (χ0) is 16.7. The van der Waals surface area contributed by atoms with E-state index in [0.717, 1.165) is 31.2 Å². The molecule has 1 atom stereocenters. The summed E-state index contributed by atoms with van der Waals surface area (Å²) in [7, 11) is -3.40. The van der Waals surface area contributed by atoms with Crippen LogP contribution in [0.15, 0.2) is 12.4 Å². The molecule has 2 aliphatic rings. The molecule has 128 valence electrons. The number of nitrogens with zero attached hydrogens (tertiary/aromatic N) is 3. The monoisotopic (exact) mass is 339 g/mol. The number of hydrogen-bond donors (Lipinski definition) is 0. The lowest BCUT2D eigenvalue weighted by molar-refractivity contribution is -0.135. The predicted molar refractivity (Wildman–Crippen MR) is 87.9 cm³/mol. The first kappa shape index (κ1) is 16.5. The van der Waals surface area contributed by atoms with E-state index in [-0.39, 0.29) is 11.9 Å². The molecule has 1 unspecified atom stereocenters. The molecule has 0 spiro atoms. The number of hydrogen-bond acceptors (Lipinski definition) is 4. The topological polar surface area (TPSA) is 72.3 Å². The number of rotatable bonds is 3. The SMILES string of the molecule is Cc1cnn(C2CCCN(C(=O)C3(S(C)(=O)=O)CCCC3)C2)c1. The van der Waals surface area contributed by atoms with Gasteiger partial charge in [0.25, 0.3) is 0 Å². The molecule has 6 nitrogen and oxygen atoms in total. The normalized spacial score (nSPS) is 24.8. The molecule has 1 aromatic rings. The van der Waals surface area contributed by atoms with Crippen molar-refractivity contribution in [2.45, 2.75) is 56.2 Å². The average molecular weight is 339 g/mol. The Kier molecular flexibility index (Phi) is 4.25. The third kappa shape index (κ3) is 2.91. The number of carbonyl (C=O) groups excluding carboxylic acids is 1. The Morgan fingerprint density at radius 2 is 2.00 bits per heavy atom. The van der Waals surface area contributed by atoms with Gasteiger partial charge < -0.3 is 4.90 Å². The van der Waals surface area contributed by atoms with Crippen LogP contribution in [0.1, 0.15) is 50.1 Å². The van der Waals surface area contributed by atoms with Crippen LogP contribution in [0.4, 0.5) is 0 Å². The molecule has 3 rings (SSSR count). The van der Waals surface area contributed by atoms with Crippen molar-refractivity contribution in [3.63, 3.8) is 0 Å². The number of amides is 1. The van der Waals surface area contributed by atoms with Gasteiger partial charge in [0, 0.05) is 25.5 Å². The lowest BCUT2D eigenvalue weighted by Crippen LogP contribution is -2.54. The van der Waals surface area contributed by atoms with E-state index in [9.17, 15) is 13.2 Å². The first-order valence-corrected chi connectivity index (χ1v) is 10.2. The fourth-order valence-electron chi connectivity index (χ4n) is 3.97. The quantitative estimate of drug-likeness (QED) is 0.840. The van der Waals surface area contributed by atoms with E-state index >= 15 is 0 Å². The van der Waals surface area contributed by atoms with Crippen LogP contribution in [0.2, 0.25) is 0 Å². The Balaban J connectivity index is 1.81. The van der Waals surface area contributed by atoms with Gasteiger partial charge in [0.2, 0.25) is 5.91 Å². The summed E-state index contributed by atoms with van der Waals surface area (Å²) in [5.41, 5.74) is 1.09. The van der Waals surface area contributed by atoms with Gasteiger partial charge in [-0.25, -0.2) is 8.42 Å². The molecule has 1 aliphatic carbocycles. The molecule has 1 aliphatic heterocycles. The number of aryl methyl sites for hydroxylation is 1. The van der Waals surface area contributed by atoms with Crippen LogP contribution in [-0.4, -0.2) is 53.1 Å². The second kappa shape index (κ2) is 5.92. The second-order valence-electron chi connectivity index (χ2n) is 7.02. The van der Waals surface area contributed by atoms with Crippen molar-refractivity contribution >= 4 is 15.7 Å². The highest BCUT2D eigenvalue weighted by atomic mass is 32.2. The molecule has 2 fully saturated rings. The summed E-state index contributed by atoms with van der Waals surface area (Å²) in [5, 5.41) is 4.36. The van der Waals surface area contributed by atoms with Crippen molar-refractivity contribution in [3.8, 4) is 0 Å². The maximum Gasteiger partial charge on any atom is 0.244 e. The molecular weight excluding hydrogens is 314 g/mol. The van der Waals surface area contributed by atoms with Crippen LogP contribution in [0, 0.1) is 6.92 Å². The maximum absolute atomic E-state index is 13.1. The minimum absolute atomic E-state index is 0.138. The van der Waals surface area contributed by atoms with Gasteiger partial charge in [-0.3, -0.25) is 9.48 Å². The minimum atomic E-state index is -3.40. The van der Waals surface area contributed by atoms with E-state index in [4.69, 9.17) is 0 Å². The predicted octanol–water partition coefficient (Wildman–Crippen LogP) is 1.71. The molecule has 1 aromatic heterocycles. The lowest BCUT2D eigenvalue weighted by Gasteiger charge is -2.38. The standard InChI is InChI=1S/C16H25N3O3S/c1-13-10-17-19(11-13)14-6-5-9-18(12-14)15(20)16(23(2,21)22)7-3-4-8-16/h10-11,14H,3-9,12H2,1-2H3. The van der Waals surface area contributed by atoms with Crippen molar-refractivity contribution < 1.29 is 13.2 Å². The van der Waals surface area contributed by atoms with E-state index in [1.165, 1.54) is 6.26 Å². The van der Waals surface area contributed by atoms with E-state index < -0.39 is 14.6 Å². The molecule has 0 aromatic carbocycles. The fraction of sp³-hybridized carbons (Fsp3) is 0.750. The second-order valence-corrected chi connectivity index (χ2v) is 9.34. The van der Waals surface area contributed by atoms with Gasteiger partial charge in [-0.1, -0.05) is 12.8 Å². The zero-order valence-electron chi connectivity index (χ0n) is 13.9. The fourth-order valence-corrected chi connectivity index (χ4v) is 5.44. The van der Waals surface area contributed by atoms with Crippen LogP contribution in [0.5, 0.6) is 0 Å². The van der Waals surface area contributed by atoms with E-state index in [1.807, 2.05) is 24.0 Å². The number of likely N-dealkylation sites (tertiary alicyclic amines) is 1. The first-order chi connectivity index (χ1) is 10.8. The molecule has 0 radical (unpaired) electrons. The summed E-state index contributed by atoms with van der Waals surface area (Å²) in [6.07, 6.45) is 9.43. The van der Waals surface area contributed by atoms with Gasteiger partial charge in [0.15, 0.2) is 14.6 Å². The summed E-state index contributed by atoms with van der Waals surface area (Å²) in [4.78, 5) is 14.8. The van der Waals surface area contributed by atoms with Crippen LogP contribution >= 0.6 is 0 Å². The molecule has 23 heavy (non-hydrogen) atoms. The maximum atomic E-state index is 13.1. The molecule has 0 N–H and O–H groups in total. The number of carbonyl (C=O) groups is 1. The van der Waals surface area contributed by atoms with Crippen LogP contribution in [-0.2, 0) is 14.6 Å². The van der Waals surface area contributed by atoms with E-state index in [2.05, 4.69) is 5.10 Å². The highest BCUT2D eigenvalue weighted by Gasteiger charge is 2.52. The van der Waals surface area contributed by atoms with E-state index in [1.54, 1.807) is 4.90 Å². The summed E-state index contributed by atoms with van der Waals surface area (Å²) in [6, 6.07) is 0.138. The van der Waals surface area contributed by atoms with Gasteiger partial charge in [-0.05, 0) is 38.2 Å². The van der Waals surface area contributed by atoms with Crippen LogP contribution in [0.25, 0.3) is 0 Å². The molecule has 7 heteroatoms. The summed E-state index contributed by atoms with van der Waals surface area (Å²) in [6.45, 7) is 3.19. The van der Waals surface area contributed by atoms with Crippen LogP contribution in [0.3, 0.4) is 0 Å². The van der Waals surface area contributed by atoms with Crippen molar-refractivity contribution in [1.82, 2.24) is 14.7 Å². The number of aromatic nitrogens is 2. The van der Waals surface area contributed by atoms with Crippen molar-refractivity contribution in [2.75, 3.05) is 19.3 Å². The van der Waals surface area contributed by atoms with Gasteiger partial charge in [0.05, 0.1) is 12.2 Å². The third-order valence-corrected chi connectivity index (χ3v) is 7.30. The van der Waals surface area contributed by atoms with Crippen molar-refractivity contribution in [1.29, 1.82) is 0 Å². The Morgan fingerprint density at radius 1 is 1.30 bits per heavy atom.